The minimum Gasteiger partial charge on any atom is -0.477 e. The molecule has 6 rings (SSSR count). The zero-order valence-corrected chi connectivity index (χ0v) is 31.9. The molecule has 13 heteroatoms. The monoisotopic (exact) mass is 751 g/mol. The summed E-state index contributed by atoms with van der Waals surface area (Å²) in [4.78, 5) is 15.4. The fourth-order valence-corrected chi connectivity index (χ4v) is 8.41. The maximum atomic E-state index is 15.3. The summed E-state index contributed by atoms with van der Waals surface area (Å²) in [6, 6.07) is 15.9. The van der Waals surface area contributed by atoms with Gasteiger partial charge in [0.15, 0.2) is 0 Å². The largest absolute Gasteiger partial charge is 0.477 e. The van der Waals surface area contributed by atoms with Crippen LogP contribution in [0.25, 0.3) is 11.3 Å². The maximum Gasteiger partial charge on any atom is 0.423 e. The van der Waals surface area contributed by atoms with Crippen LogP contribution in [-0.2, 0) is 33.8 Å². The number of aryl methyl sites for hydroxylation is 1. The Balaban J connectivity index is 1.51. The van der Waals surface area contributed by atoms with Gasteiger partial charge in [0.25, 0.3) is 10.0 Å². The molecule has 1 unspecified atom stereocenters. The van der Waals surface area contributed by atoms with E-state index >= 15 is 13.2 Å². The second kappa shape index (κ2) is 15.3. The van der Waals surface area contributed by atoms with Crippen LogP contribution in [0.1, 0.15) is 74.9 Å². The van der Waals surface area contributed by atoms with E-state index in [0.29, 0.717) is 49.2 Å². The van der Waals surface area contributed by atoms with Crippen LogP contribution in [0.3, 0.4) is 0 Å². The van der Waals surface area contributed by atoms with Crippen LogP contribution in [-0.4, -0.2) is 56.3 Å². The summed E-state index contributed by atoms with van der Waals surface area (Å²) in [5.41, 5.74) is 2.15. The normalized spacial score (nSPS) is 19.2. The van der Waals surface area contributed by atoms with E-state index in [4.69, 9.17) is 14.5 Å². The number of nitrogens with one attached hydrogen (secondary N) is 1. The standard InChI is InChI=1S/C40H48F3N5O4S/c1-25(2)19-28-11-7-9-26(3)34(28)36-35(40(41,42)43)37-46-38(45-36)47-53(49,50)32-12-8-10-27(20-32)33(29(24-52-37)22-39(4,5)6)21-30-13-14-31(23-44-30)48-15-17-51-18-16-48/h7-14,20,23,25,29,33H,15-19,21-22,24H2,1-6H3,(H,45,46,47)/t29-,33?/m1/s1. The van der Waals surface area contributed by atoms with Crippen LogP contribution >= 0.6 is 0 Å². The fraction of sp³-hybridized carbons (Fsp3) is 0.475. The van der Waals surface area contributed by atoms with Gasteiger partial charge in [0.2, 0.25) is 11.8 Å². The van der Waals surface area contributed by atoms with Crippen molar-refractivity contribution in [1.29, 1.82) is 0 Å². The van der Waals surface area contributed by atoms with Crippen LogP contribution in [0.2, 0.25) is 0 Å². The number of alkyl halides is 3. The Labute approximate surface area is 310 Å². The highest BCUT2D eigenvalue weighted by atomic mass is 32.2. The molecule has 0 spiro atoms. The molecule has 2 aliphatic rings. The van der Waals surface area contributed by atoms with E-state index in [-0.39, 0.29) is 40.2 Å². The summed E-state index contributed by atoms with van der Waals surface area (Å²) in [6.07, 6.45) is -1.65. The van der Waals surface area contributed by atoms with E-state index in [1.165, 1.54) is 6.07 Å². The van der Waals surface area contributed by atoms with Gasteiger partial charge in [0.05, 0.1) is 42.3 Å². The second-order valence-corrected chi connectivity index (χ2v) is 17.4. The lowest BCUT2D eigenvalue weighted by molar-refractivity contribution is -0.139. The molecule has 53 heavy (non-hydrogen) atoms. The number of benzene rings is 2. The molecular weight excluding hydrogens is 704 g/mol. The van der Waals surface area contributed by atoms with Crippen LogP contribution in [0, 0.1) is 24.2 Å². The van der Waals surface area contributed by atoms with E-state index in [0.717, 1.165) is 24.5 Å². The van der Waals surface area contributed by atoms with Crippen molar-refractivity contribution >= 4 is 21.7 Å². The number of rotatable bonds is 7. The molecule has 1 fully saturated rings. The molecule has 0 aliphatic carbocycles. The number of ether oxygens (including phenoxy) is 2. The van der Waals surface area contributed by atoms with Crippen molar-refractivity contribution in [3.63, 3.8) is 0 Å². The minimum absolute atomic E-state index is 0.0467. The number of nitrogens with zero attached hydrogens (tertiary/aromatic N) is 4. The average molecular weight is 752 g/mol. The third-order valence-electron chi connectivity index (χ3n) is 9.70. The number of aromatic nitrogens is 3. The zero-order chi connectivity index (χ0) is 38.1. The van der Waals surface area contributed by atoms with Crippen molar-refractivity contribution in [3.8, 4) is 17.1 Å². The van der Waals surface area contributed by atoms with E-state index in [1.54, 1.807) is 37.3 Å². The summed E-state index contributed by atoms with van der Waals surface area (Å²) < 4.78 is 88.0. The van der Waals surface area contributed by atoms with E-state index in [9.17, 15) is 8.42 Å². The van der Waals surface area contributed by atoms with Gasteiger partial charge >= 0.3 is 6.18 Å². The number of morpholine rings is 1. The van der Waals surface area contributed by atoms with Crippen molar-refractivity contribution in [3.05, 3.63) is 88.7 Å². The van der Waals surface area contributed by atoms with Gasteiger partial charge in [-0.05, 0) is 84.4 Å². The Morgan fingerprint density at radius 2 is 1.74 bits per heavy atom. The number of hydrogen-bond acceptors (Lipinski definition) is 8. The molecular formula is C40H48F3N5O4S. The molecule has 2 aromatic carbocycles. The minimum atomic E-state index is -4.92. The Morgan fingerprint density at radius 1 is 1.00 bits per heavy atom. The van der Waals surface area contributed by atoms with Gasteiger partial charge in [-0.2, -0.15) is 18.2 Å². The average Bonchev–Trinajstić information content (AvgIpc) is 3.08. The smallest absolute Gasteiger partial charge is 0.423 e. The van der Waals surface area contributed by atoms with E-state index in [2.05, 4.69) is 40.4 Å². The molecule has 1 N–H and O–H groups in total. The van der Waals surface area contributed by atoms with Crippen molar-refractivity contribution in [2.75, 3.05) is 42.5 Å². The zero-order valence-electron chi connectivity index (χ0n) is 31.1. The number of fused-ring (bicyclic) bond motifs is 4. The number of halogens is 3. The number of pyridine rings is 1. The first-order valence-corrected chi connectivity index (χ1v) is 19.6. The van der Waals surface area contributed by atoms with Gasteiger partial charge in [-0.25, -0.2) is 18.1 Å². The van der Waals surface area contributed by atoms with E-state index in [1.807, 2.05) is 38.2 Å². The van der Waals surface area contributed by atoms with Gasteiger partial charge in [0.1, 0.15) is 5.56 Å². The first kappa shape index (κ1) is 38.5. The summed E-state index contributed by atoms with van der Waals surface area (Å²) in [7, 11) is -4.34. The van der Waals surface area contributed by atoms with E-state index < -0.39 is 39.3 Å². The highest BCUT2D eigenvalue weighted by Crippen LogP contribution is 2.45. The summed E-state index contributed by atoms with van der Waals surface area (Å²) in [6.45, 7) is 14.6. The predicted molar refractivity (Wildman–Crippen MR) is 200 cm³/mol. The molecule has 2 atom stereocenters. The van der Waals surface area contributed by atoms with Crippen LogP contribution in [0.15, 0.2) is 65.7 Å². The first-order valence-electron chi connectivity index (χ1n) is 18.1. The molecule has 4 bridgehead atoms. The lowest BCUT2D eigenvalue weighted by Crippen LogP contribution is -2.36. The predicted octanol–water partition coefficient (Wildman–Crippen LogP) is 8.47. The molecule has 284 valence electrons. The molecule has 4 heterocycles. The van der Waals surface area contributed by atoms with Crippen molar-refractivity contribution in [1.82, 2.24) is 15.0 Å². The lowest BCUT2D eigenvalue weighted by Gasteiger charge is -2.33. The third-order valence-corrected chi connectivity index (χ3v) is 11.0. The molecule has 0 radical (unpaired) electrons. The Hall–Kier alpha value is -4.23. The lowest BCUT2D eigenvalue weighted by atomic mass is 9.74. The maximum absolute atomic E-state index is 15.3. The van der Waals surface area contributed by atoms with Crippen molar-refractivity contribution in [2.24, 2.45) is 17.3 Å². The Kier molecular flexibility index (Phi) is 11.1. The quantitative estimate of drug-likeness (QED) is 0.201. The fourth-order valence-electron chi connectivity index (χ4n) is 7.41. The summed E-state index contributed by atoms with van der Waals surface area (Å²) in [5.74, 6) is -1.81. The first-order chi connectivity index (χ1) is 25.0. The van der Waals surface area contributed by atoms with Gasteiger partial charge in [-0.1, -0.05) is 65.0 Å². The SMILES string of the molecule is Cc1cccc(CC(C)C)c1-c1nc2nc(c1C(F)(F)F)OC[C@@H](CC(C)(C)C)C(Cc1ccc(N3CCOCC3)cn1)c1cccc(c1)S(=O)(=O)N2. The Morgan fingerprint density at radius 3 is 2.40 bits per heavy atom. The van der Waals surface area contributed by atoms with Crippen molar-refractivity contribution in [2.45, 2.75) is 77.8 Å². The summed E-state index contributed by atoms with van der Waals surface area (Å²) >= 11 is 0. The molecule has 0 amide bonds. The van der Waals surface area contributed by atoms with Gasteiger partial charge in [-0.3, -0.25) is 4.98 Å². The van der Waals surface area contributed by atoms with Crippen LogP contribution in [0.5, 0.6) is 5.88 Å². The van der Waals surface area contributed by atoms with Crippen LogP contribution in [0.4, 0.5) is 24.8 Å². The molecule has 0 saturated carbocycles. The molecule has 2 aromatic heterocycles. The topological polar surface area (TPSA) is 107 Å². The molecule has 4 aromatic rings. The highest BCUT2D eigenvalue weighted by molar-refractivity contribution is 7.92. The van der Waals surface area contributed by atoms with Crippen LogP contribution < -0.4 is 14.4 Å². The molecule has 9 nitrogen and oxygen atoms in total. The summed E-state index contributed by atoms with van der Waals surface area (Å²) in [5, 5.41) is 0. The highest BCUT2D eigenvalue weighted by Gasteiger charge is 2.42. The number of anilines is 2. The van der Waals surface area contributed by atoms with Gasteiger partial charge in [-0.15, -0.1) is 0 Å². The molecule has 2 aliphatic heterocycles. The second-order valence-electron chi connectivity index (χ2n) is 15.7. The Bertz CT molecular complexity index is 2030. The van der Waals surface area contributed by atoms with Crippen molar-refractivity contribution < 1.29 is 31.1 Å². The number of sulfonamides is 1. The third kappa shape index (κ3) is 9.12. The van der Waals surface area contributed by atoms with Gasteiger partial charge in [0, 0.05) is 30.3 Å². The number of hydrogen-bond donors (Lipinski definition) is 1. The van der Waals surface area contributed by atoms with Gasteiger partial charge < -0.3 is 14.4 Å². The molecule has 1 saturated heterocycles.